The molecular formula is C19H40. The van der Waals surface area contributed by atoms with Crippen LogP contribution in [-0.4, -0.2) is 0 Å². The van der Waals surface area contributed by atoms with Crippen LogP contribution in [0, 0.1) is 41.4 Å². The van der Waals surface area contributed by atoms with Crippen molar-refractivity contribution >= 4 is 0 Å². The van der Waals surface area contributed by atoms with Crippen LogP contribution in [0.1, 0.15) is 81.6 Å². The van der Waals surface area contributed by atoms with Crippen molar-refractivity contribution in [2.24, 2.45) is 41.4 Å². The summed E-state index contributed by atoms with van der Waals surface area (Å²) in [5.74, 6) is 6.00. The van der Waals surface area contributed by atoms with Gasteiger partial charge in [0, 0.05) is 0 Å². The molecule has 0 N–H and O–H groups in total. The van der Waals surface area contributed by atoms with Crippen LogP contribution >= 0.6 is 0 Å². The third-order valence-electron chi connectivity index (χ3n) is 6.13. The smallest absolute Gasteiger partial charge is 0.0363 e. The summed E-state index contributed by atoms with van der Waals surface area (Å²) in [5, 5.41) is 0. The zero-order valence-corrected chi connectivity index (χ0v) is 15.2. The van der Waals surface area contributed by atoms with Crippen molar-refractivity contribution in [2.45, 2.75) is 81.6 Å². The summed E-state index contributed by atoms with van der Waals surface area (Å²) in [4.78, 5) is 0. The van der Waals surface area contributed by atoms with E-state index in [0.717, 1.165) is 41.4 Å². The van der Waals surface area contributed by atoms with E-state index in [1.165, 1.54) is 19.3 Å². The van der Waals surface area contributed by atoms with Crippen LogP contribution in [0.4, 0.5) is 0 Å². The van der Waals surface area contributed by atoms with Gasteiger partial charge in [-0.25, -0.2) is 0 Å². The Morgan fingerprint density at radius 3 is 1.47 bits per heavy atom. The second-order valence-electron chi connectivity index (χ2n) is 7.61. The molecule has 0 aliphatic carbocycles. The van der Waals surface area contributed by atoms with E-state index in [1.807, 2.05) is 0 Å². The van der Waals surface area contributed by atoms with Gasteiger partial charge < -0.3 is 0 Å². The normalized spacial score (nSPS) is 21.8. The fourth-order valence-corrected chi connectivity index (χ4v) is 3.58. The summed E-state index contributed by atoms with van der Waals surface area (Å²) < 4.78 is 0. The molecule has 6 atom stereocenters. The highest BCUT2D eigenvalue weighted by atomic mass is 14.3. The minimum atomic E-state index is 0.821. The highest BCUT2D eigenvalue weighted by Crippen LogP contribution is 2.37. The van der Waals surface area contributed by atoms with Crippen molar-refractivity contribution in [1.82, 2.24) is 0 Å². The number of rotatable bonds is 9. The van der Waals surface area contributed by atoms with Gasteiger partial charge in [0.1, 0.15) is 0 Å². The van der Waals surface area contributed by atoms with Crippen LogP contribution in [0.25, 0.3) is 0 Å². The van der Waals surface area contributed by atoms with E-state index < -0.39 is 0 Å². The summed E-state index contributed by atoms with van der Waals surface area (Å²) in [7, 11) is 0. The van der Waals surface area contributed by atoms with E-state index in [4.69, 9.17) is 0 Å². The Labute approximate surface area is 123 Å². The van der Waals surface area contributed by atoms with Crippen LogP contribution in [0.2, 0.25) is 0 Å². The lowest BCUT2D eigenvalue weighted by Gasteiger charge is -2.36. The minimum absolute atomic E-state index is 0.821. The summed E-state index contributed by atoms with van der Waals surface area (Å²) >= 11 is 0. The van der Waals surface area contributed by atoms with Crippen LogP contribution in [-0.2, 0) is 0 Å². The molecule has 0 amide bonds. The Morgan fingerprint density at radius 2 is 1.11 bits per heavy atom. The molecule has 0 saturated heterocycles. The minimum Gasteiger partial charge on any atom is -0.0651 e. The van der Waals surface area contributed by atoms with E-state index >= 15 is 0 Å². The standard InChI is InChI=1S/C19H40/c1-10-14(5)19(11-2)18(9)17(8)16(7)12-15(6)13(3)4/h13-19H,10-12H2,1-9H3. The van der Waals surface area contributed by atoms with Gasteiger partial charge in [-0.1, -0.05) is 75.2 Å². The van der Waals surface area contributed by atoms with E-state index in [1.54, 1.807) is 0 Å². The zero-order chi connectivity index (χ0) is 15.2. The molecule has 116 valence electrons. The average Bonchev–Trinajstić information content (AvgIpc) is 2.37. The summed E-state index contributed by atoms with van der Waals surface area (Å²) in [6.45, 7) is 21.8. The van der Waals surface area contributed by atoms with Crippen molar-refractivity contribution in [3.8, 4) is 0 Å². The topological polar surface area (TPSA) is 0 Å². The lowest BCUT2D eigenvalue weighted by Crippen LogP contribution is -2.28. The van der Waals surface area contributed by atoms with Crippen LogP contribution < -0.4 is 0 Å². The average molecular weight is 269 g/mol. The van der Waals surface area contributed by atoms with E-state index in [0.29, 0.717) is 0 Å². The largest absolute Gasteiger partial charge is 0.0651 e. The van der Waals surface area contributed by atoms with E-state index in [2.05, 4.69) is 62.3 Å². The molecule has 0 heterocycles. The Balaban J connectivity index is 4.56. The molecule has 0 fully saturated rings. The molecule has 0 radical (unpaired) electrons. The van der Waals surface area contributed by atoms with Gasteiger partial charge in [0.15, 0.2) is 0 Å². The first-order chi connectivity index (χ1) is 8.76. The molecule has 0 nitrogen and oxygen atoms in total. The van der Waals surface area contributed by atoms with Crippen molar-refractivity contribution in [1.29, 1.82) is 0 Å². The summed E-state index contributed by atoms with van der Waals surface area (Å²) in [5.41, 5.74) is 0. The third kappa shape index (κ3) is 5.88. The monoisotopic (exact) mass is 268 g/mol. The molecule has 0 aromatic rings. The molecule has 0 heteroatoms. The molecule has 19 heavy (non-hydrogen) atoms. The molecule has 0 spiro atoms. The van der Waals surface area contributed by atoms with E-state index in [-0.39, 0.29) is 0 Å². The van der Waals surface area contributed by atoms with Crippen LogP contribution in [0.15, 0.2) is 0 Å². The van der Waals surface area contributed by atoms with Crippen LogP contribution in [0.3, 0.4) is 0 Å². The lowest BCUT2D eigenvalue weighted by atomic mass is 9.69. The maximum Gasteiger partial charge on any atom is -0.0363 e. The summed E-state index contributed by atoms with van der Waals surface area (Å²) in [6, 6.07) is 0. The fraction of sp³-hybridized carbons (Fsp3) is 1.00. The third-order valence-corrected chi connectivity index (χ3v) is 6.13. The highest BCUT2D eigenvalue weighted by Gasteiger charge is 2.29. The molecule has 0 rings (SSSR count). The van der Waals surface area contributed by atoms with Gasteiger partial charge in [0.25, 0.3) is 0 Å². The molecule has 0 aromatic carbocycles. The Bertz CT molecular complexity index is 218. The quantitative estimate of drug-likeness (QED) is 0.439. The first-order valence-electron chi connectivity index (χ1n) is 8.76. The van der Waals surface area contributed by atoms with Gasteiger partial charge in [-0.3, -0.25) is 0 Å². The van der Waals surface area contributed by atoms with Gasteiger partial charge >= 0.3 is 0 Å². The van der Waals surface area contributed by atoms with Crippen molar-refractivity contribution in [2.75, 3.05) is 0 Å². The van der Waals surface area contributed by atoms with Crippen molar-refractivity contribution in [3.05, 3.63) is 0 Å². The Morgan fingerprint density at radius 1 is 0.579 bits per heavy atom. The number of hydrogen-bond donors (Lipinski definition) is 0. The SMILES string of the molecule is CCC(C)C(CC)C(C)C(C)C(C)CC(C)C(C)C. The van der Waals surface area contributed by atoms with Crippen molar-refractivity contribution in [3.63, 3.8) is 0 Å². The van der Waals surface area contributed by atoms with Gasteiger partial charge in [0.2, 0.25) is 0 Å². The Kier molecular flexibility index (Phi) is 9.03. The second-order valence-corrected chi connectivity index (χ2v) is 7.61. The predicted molar refractivity (Wildman–Crippen MR) is 89.3 cm³/mol. The van der Waals surface area contributed by atoms with Crippen LogP contribution in [0.5, 0.6) is 0 Å². The van der Waals surface area contributed by atoms with E-state index in [9.17, 15) is 0 Å². The first-order valence-corrected chi connectivity index (χ1v) is 8.76. The fourth-order valence-electron chi connectivity index (χ4n) is 3.58. The van der Waals surface area contributed by atoms with Gasteiger partial charge in [-0.05, 0) is 47.8 Å². The lowest BCUT2D eigenvalue weighted by molar-refractivity contribution is 0.132. The molecule has 0 aliphatic rings. The molecule has 0 bridgehead atoms. The summed E-state index contributed by atoms with van der Waals surface area (Å²) in [6.07, 6.45) is 4.05. The first kappa shape index (κ1) is 19.0. The van der Waals surface area contributed by atoms with Crippen molar-refractivity contribution < 1.29 is 0 Å². The number of hydrogen-bond acceptors (Lipinski definition) is 0. The molecule has 0 aromatic heterocycles. The molecule has 0 aliphatic heterocycles. The van der Waals surface area contributed by atoms with Gasteiger partial charge in [-0.15, -0.1) is 0 Å². The second kappa shape index (κ2) is 9.03. The van der Waals surface area contributed by atoms with Gasteiger partial charge in [0.05, 0.1) is 0 Å². The Hall–Kier alpha value is 0. The van der Waals surface area contributed by atoms with Gasteiger partial charge in [-0.2, -0.15) is 0 Å². The maximum absolute atomic E-state index is 2.50. The maximum atomic E-state index is 2.50. The zero-order valence-electron chi connectivity index (χ0n) is 15.2. The highest BCUT2D eigenvalue weighted by molar-refractivity contribution is 4.78. The molecule has 0 saturated carbocycles. The predicted octanol–water partition coefficient (Wildman–Crippen LogP) is 6.65. The molecule has 6 unspecified atom stereocenters. The molecular weight excluding hydrogens is 228 g/mol.